The summed E-state index contributed by atoms with van der Waals surface area (Å²) < 4.78 is 5.27. The third kappa shape index (κ3) is 5.89. The molecular formula is C30H30ClN5O2. The minimum absolute atomic E-state index is 0.122. The monoisotopic (exact) mass is 527 g/mol. The lowest BCUT2D eigenvalue weighted by molar-refractivity contribution is 0.208. The molecule has 2 amide bonds. The van der Waals surface area contributed by atoms with Crippen molar-refractivity contribution >= 4 is 29.1 Å². The van der Waals surface area contributed by atoms with E-state index in [0.29, 0.717) is 48.5 Å². The number of hydrogen-bond acceptors (Lipinski definition) is 5. The minimum atomic E-state index is -0.122. The van der Waals surface area contributed by atoms with Crippen molar-refractivity contribution in [2.24, 2.45) is 0 Å². The fraction of sp³-hybridized carbons (Fsp3) is 0.233. The van der Waals surface area contributed by atoms with Crippen LogP contribution in [0.4, 0.5) is 16.3 Å². The van der Waals surface area contributed by atoms with E-state index in [9.17, 15) is 4.79 Å². The molecule has 1 saturated heterocycles. The number of ether oxygens (including phenoxy) is 1. The van der Waals surface area contributed by atoms with Crippen LogP contribution in [-0.2, 0) is 6.42 Å². The van der Waals surface area contributed by atoms with Crippen LogP contribution in [0.15, 0.2) is 78.9 Å². The summed E-state index contributed by atoms with van der Waals surface area (Å²) in [5.41, 5.74) is 4.88. The van der Waals surface area contributed by atoms with Gasteiger partial charge >= 0.3 is 6.03 Å². The molecule has 0 spiro atoms. The summed E-state index contributed by atoms with van der Waals surface area (Å²) in [6, 6.07) is 25.2. The van der Waals surface area contributed by atoms with Gasteiger partial charge in [-0.05, 0) is 48.9 Å². The van der Waals surface area contributed by atoms with Gasteiger partial charge in [-0.3, -0.25) is 0 Å². The van der Waals surface area contributed by atoms with Crippen LogP contribution in [0, 0.1) is 6.92 Å². The summed E-state index contributed by atoms with van der Waals surface area (Å²) in [4.78, 5) is 27.0. The summed E-state index contributed by atoms with van der Waals surface area (Å²) in [5.74, 6) is 2.29. The minimum Gasteiger partial charge on any atom is -0.497 e. The topological polar surface area (TPSA) is 70.6 Å². The maximum absolute atomic E-state index is 13.0. The van der Waals surface area contributed by atoms with Crippen molar-refractivity contribution in [2.45, 2.75) is 13.3 Å². The molecule has 1 N–H and O–H groups in total. The number of urea groups is 1. The van der Waals surface area contributed by atoms with Gasteiger partial charge in [-0.25, -0.2) is 14.8 Å². The number of amides is 2. The number of piperazine rings is 1. The van der Waals surface area contributed by atoms with Gasteiger partial charge in [0.1, 0.15) is 11.6 Å². The second-order valence-corrected chi connectivity index (χ2v) is 9.68. The lowest BCUT2D eigenvalue weighted by atomic mass is 10.0. The van der Waals surface area contributed by atoms with E-state index in [4.69, 9.17) is 26.3 Å². The van der Waals surface area contributed by atoms with E-state index in [1.165, 1.54) is 5.56 Å². The Hall–Kier alpha value is -4.10. The average Bonchev–Trinajstić information content (AvgIpc) is 2.95. The molecule has 5 rings (SSSR count). The van der Waals surface area contributed by atoms with Crippen molar-refractivity contribution in [3.8, 4) is 17.1 Å². The molecule has 3 aromatic carbocycles. The first-order valence-electron chi connectivity index (χ1n) is 12.6. The average molecular weight is 528 g/mol. The Kier molecular flexibility index (Phi) is 7.75. The highest BCUT2D eigenvalue weighted by atomic mass is 35.5. The quantitative estimate of drug-likeness (QED) is 0.330. The Balaban J connectivity index is 1.37. The van der Waals surface area contributed by atoms with Crippen LogP contribution >= 0.6 is 11.6 Å². The molecular weight excluding hydrogens is 498 g/mol. The molecule has 1 aromatic heterocycles. The van der Waals surface area contributed by atoms with E-state index in [0.717, 1.165) is 29.1 Å². The highest BCUT2D eigenvalue weighted by molar-refractivity contribution is 6.30. The van der Waals surface area contributed by atoms with Crippen LogP contribution < -0.4 is 15.0 Å². The third-order valence-corrected chi connectivity index (χ3v) is 6.96. The molecule has 0 unspecified atom stereocenters. The number of carbonyl (C=O) groups is 1. The normalized spacial score (nSPS) is 13.3. The number of anilines is 2. The zero-order chi connectivity index (χ0) is 26.5. The Morgan fingerprint density at radius 1 is 0.947 bits per heavy atom. The molecule has 0 aliphatic carbocycles. The maximum atomic E-state index is 13.0. The third-order valence-electron chi connectivity index (χ3n) is 6.71. The fourth-order valence-electron chi connectivity index (χ4n) is 4.60. The van der Waals surface area contributed by atoms with Gasteiger partial charge in [0.15, 0.2) is 5.82 Å². The summed E-state index contributed by atoms with van der Waals surface area (Å²) in [5, 5.41) is 3.66. The van der Waals surface area contributed by atoms with Gasteiger partial charge in [-0.1, -0.05) is 48.0 Å². The summed E-state index contributed by atoms with van der Waals surface area (Å²) in [6.07, 6.45) is 0.736. The second-order valence-electron chi connectivity index (χ2n) is 9.24. The number of nitrogens with zero attached hydrogens (tertiary/aromatic N) is 4. The van der Waals surface area contributed by atoms with Crippen molar-refractivity contribution in [1.29, 1.82) is 0 Å². The van der Waals surface area contributed by atoms with E-state index in [2.05, 4.69) is 22.3 Å². The smallest absolute Gasteiger partial charge is 0.321 e. The molecule has 8 heteroatoms. The number of aromatic nitrogens is 2. The Labute approximate surface area is 228 Å². The van der Waals surface area contributed by atoms with E-state index in [1.54, 1.807) is 7.11 Å². The molecule has 0 saturated carbocycles. The Morgan fingerprint density at radius 2 is 1.68 bits per heavy atom. The number of halogens is 1. The van der Waals surface area contributed by atoms with Crippen LogP contribution in [0.25, 0.3) is 11.4 Å². The summed E-state index contributed by atoms with van der Waals surface area (Å²) in [7, 11) is 1.61. The lowest BCUT2D eigenvalue weighted by Gasteiger charge is -2.36. The number of methoxy groups -OCH3 is 1. The summed E-state index contributed by atoms with van der Waals surface area (Å²) in [6.45, 7) is 4.55. The van der Waals surface area contributed by atoms with Crippen molar-refractivity contribution in [3.63, 3.8) is 0 Å². The molecule has 0 atom stereocenters. The first-order valence-corrected chi connectivity index (χ1v) is 13.0. The largest absolute Gasteiger partial charge is 0.497 e. The standard InChI is InChI=1S/C30H30ClN5O2/c1-21-27(19-22-7-4-3-5-8-22)29(34-28(32-21)23-11-13-24(31)14-12-23)35-15-17-36(18-16-35)30(37)33-25-9-6-10-26(20-25)38-2/h3-14,20H,15-19H2,1-2H3,(H,33,37). The molecule has 4 aromatic rings. The van der Waals surface area contributed by atoms with Crippen LogP contribution in [0.1, 0.15) is 16.8 Å². The molecule has 38 heavy (non-hydrogen) atoms. The number of aryl methyl sites for hydroxylation is 1. The fourth-order valence-corrected chi connectivity index (χ4v) is 4.73. The molecule has 7 nitrogen and oxygen atoms in total. The molecule has 1 aliphatic heterocycles. The van der Waals surface area contributed by atoms with Gasteiger partial charge in [-0.15, -0.1) is 0 Å². The molecule has 2 heterocycles. The number of hydrogen-bond donors (Lipinski definition) is 1. The van der Waals surface area contributed by atoms with Crippen LogP contribution in [0.2, 0.25) is 5.02 Å². The van der Waals surface area contributed by atoms with Crippen LogP contribution in [-0.4, -0.2) is 54.2 Å². The number of nitrogens with one attached hydrogen (secondary N) is 1. The van der Waals surface area contributed by atoms with E-state index in [1.807, 2.05) is 78.6 Å². The molecule has 0 bridgehead atoms. The maximum Gasteiger partial charge on any atom is 0.321 e. The van der Waals surface area contributed by atoms with Crippen molar-refractivity contribution < 1.29 is 9.53 Å². The number of benzene rings is 3. The van der Waals surface area contributed by atoms with E-state index in [-0.39, 0.29) is 6.03 Å². The molecule has 1 fully saturated rings. The number of rotatable bonds is 6. The Morgan fingerprint density at radius 3 is 2.39 bits per heavy atom. The first kappa shape index (κ1) is 25.5. The van der Waals surface area contributed by atoms with E-state index < -0.39 is 0 Å². The van der Waals surface area contributed by atoms with Crippen molar-refractivity contribution in [1.82, 2.24) is 14.9 Å². The van der Waals surface area contributed by atoms with Crippen LogP contribution in [0.3, 0.4) is 0 Å². The number of carbonyl (C=O) groups excluding carboxylic acids is 1. The van der Waals surface area contributed by atoms with Gasteiger partial charge < -0.3 is 19.9 Å². The van der Waals surface area contributed by atoms with Crippen LogP contribution in [0.5, 0.6) is 5.75 Å². The highest BCUT2D eigenvalue weighted by Gasteiger charge is 2.25. The zero-order valence-corrected chi connectivity index (χ0v) is 22.3. The van der Waals surface area contributed by atoms with Gasteiger partial charge in [0.05, 0.1) is 7.11 Å². The molecule has 0 radical (unpaired) electrons. The predicted molar refractivity (Wildman–Crippen MR) is 152 cm³/mol. The van der Waals surface area contributed by atoms with Gasteiger partial charge in [0.25, 0.3) is 0 Å². The highest BCUT2D eigenvalue weighted by Crippen LogP contribution is 2.29. The van der Waals surface area contributed by atoms with E-state index >= 15 is 0 Å². The lowest BCUT2D eigenvalue weighted by Crippen LogP contribution is -2.50. The SMILES string of the molecule is COc1cccc(NC(=O)N2CCN(c3nc(-c4ccc(Cl)cc4)nc(C)c3Cc3ccccc3)CC2)c1. The first-order chi connectivity index (χ1) is 18.5. The second kappa shape index (κ2) is 11.5. The van der Waals surface area contributed by atoms with Gasteiger partial charge in [-0.2, -0.15) is 0 Å². The predicted octanol–water partition coefficient (Wildman–Crippen LogP) is 6.06. The van der Waals surface area contributed by atoms with Gasteiger partial charge in [0.2, 0.25) is 0 Å². The summed E-state index contributed by atoms with van der Waals surface area (Å²) >= 11 is 6.11. The molecule has 1 aliphatic rings. The van der Waals surface area contributed by atoms with Gasteiger partial charge in [0, 0.05) is 66.2 Å². The Bertz CT molecular complexity index is 1400. The molecule has 194 valence electrons. The van der Waals surface area contributed by atoms with Crippen molar-refractivity contribution in [3.05, 3.63) is 101 Å². The zero-order valence-electron chi connectivity index (χ0n) is 21.5. The van der Waals surface area contributed by atoms with Crippen molar-refractivity contribution in [2.75, 3.05) is 43.5 Å².